The van der Waals surface area contributed by atoms with E-state index in [1.165, 1.54) is 5.56 Å². The quantitative estimate of drug-likeness (QED) is 0.254. The number of imidazole rings is 1. The molecule has 36 heavy (non-hydrogen) atoms. The first-order chi connectivity index (χ1) is 17.4. The lowest BCUT2D eigenvalue weighted by atomic mass is 9.81. The molecule has 2 aromatic heterocycles. The number of hydrogen-bond donors (Lipinski definition) is 3. The van der Waals surface area contributed by atoms with Crippen LogP contribution < -0.4 is 11.1 Å². The lowest BCUT2D eigenvalue weighted by Crippen LogP contribution is -2.44. The molecule has 0 amide bonds. The average molecular weight is 482 g/mol. The molecular formula is C31H39N5. The van der Waals surface area contributed by atoms with E-state index < -0.39 is 0 Å². The SMILES string of the molecule is C#C.C/C=C(\NC1CCC(C)(N)CC1)c1ccnc2ccc(-c3[nH]cnc3/C(C)=C/C=C\CC)cc12. The number of nitrogens with zero attached hydrogens (tertiary/aromatic N) is 2. The Morgan fingerprint density at radius 1 is 1.22 bits per heavy atom. The van der Waals surface area contributed by atoms with E-state index in [1.807, 2.05) is 6.20 Å². The molecule has 4 N–H and O–H groups in total. The van der Waals surface area contributed by atoms with E-state index in [1.54, 1.807) is 6.33 Å². The second kappa shape index (κ2) is 12.4. The summed E-state index contributed by atoms with van der Waals surface area (Å²) in [5, 5.41) is 4.94. The summed E-state index contributed by atoms with van der Waals surface area (Å²) in [5.74, 6) is 0. The van der Waals surface area contributed by atoms with Crippen LogP contribution in [0, 0.1) is 12.8 Å². The second-order valence-electron chi connectivity index (χ2n) is 9.68. The van der Waals surface area contributed by atoms with E-state index in [9.17, 15) is 0 Å². The molecule has 2 heterocycles. The van der Waals surface area contributed by atoms with Crippen molar-refractivity contribution < 1.29 is 0 Å². The van der Waals surface area contributed by atoms with Crippen LogP contribution in [-0.2, 0) is 0 Å². The van der Waals surface area contributed by atoms with Crippen molar-refractivity contribution in [1.82, 2.24) is 20.3 Å². The molecule has 0 radical (unpaired) electrons. The second-order valence-corrected chi connectivity index (χ2v) is 9.68. The lowest BCUT2D eigenvalue weighted by Gasteiger charge is -2.35. The van der Waals surface area contributed by atoms with Crippen LogP contribution in [0.5, 0.6) is 0 Å². The Morgan fingerprint density at radius 3 is 2.67 bits per heavy atom. The van der Waals surface area contributed by atoms with Crippen molar-refractivity contribution in [3.63, 3.8) is 0 Å². The summed E-state index contributed by atoms with van der Waals surface area (Å²) in [6, 6.07) is 9.00. The van der Waals surface area contributed by atoms with E-state index in [0.29, 0.717) is 6.04 Å². The summed E-state index contributed by atoms with van der Waals surface area (Å²) in [6.45, 7) is 8.50. The normalized spacial score (nSPS) is 20.8. The molecule has 188 valence electrons. The topological polar surface area (TPSA) is 79.6 Å². The van der Waals surface area contributed by atoms with Gasteiger partial charge in [0.2, 0.25) is 0 Å². The lowest BCUT2D eigenvalue weighted by molar-refractivity contribution is 0.282. The Morgan fingerprint density at radius 2 is 1.97 bits per heavy atom. The first kappa shape index (κ1) is 27.0. The number of nitrogens with two attached hydrogens (primary N) is 1. The molecular weight excluding hydrogens is 442 g/mol. The summed E-state index contributed by atoms with van der Waals surface area (Å²) < 4.78 is 0. The Hall–Kier alpha value is -3.62. The highest BCUT2D eigenvalue weighted by atomic mass is 14.9. The molecule has 0 unspecified atom stereocenters. The molecule has 1 aliphatic rings. The minimum atomic E-state index is -0.0345. The molecule has 3 aromatic rings. The minimum Gasteiger partial charge on any atom is -0.382 e. The molecule has 1 fully saturated rings. The maximum atomic E-state index is 6.35. The molecule has 5 heteroatoms. The zero-order chi connectivity index (χ0) is 26.1. The van der Waals surface area contributed by atoms with Gasteiger partial charge in [-0.05, 0) is 76.6 Å². The molecule has 4 rings (SSSR count). The van der Waals surface area contributed by atoms with E-state index >= 15 is 0 Å². The number of pyridine rings is 1. The van der Waals surface area contributed by atoms with Gasteiger partial charge in [-0.25, -0.2) is 4.98 Å². The Bertz CT molecular complexity index is 1260. The Kier molecular flexibility index (Phi) is 9.27. The molecule has 0 saturated heterocycles. The smallest absolute Gasteiger partial charge is 0.0932 e. The van der Waals surface area contributed by atoms with Crippen LogP contribution in [0.2, 0.25) is 0 Å². The van der Waals surface area contributed by atoms with Gasteiger partial charge >= 0.3 is 0 Å². The third-order valence-electron chi connectivity index (χ3n) is 6.83. The standard InChI is InChI=1S/C29H37N5.C2H2/c1-5-7-8-9-20(3)27-28(33-19-32-27)21-10-11-26-24(18-21)23(14-17-31-26)25(6-2)34-22-12-15-29(4,30)16-13-22;1-2/h6-11,14,17-19,22,34H,5,12-13,15-16,30H2,1-4H3,(H,32,33);1-2H/b8-7-,20-9+,25-6-;. The number of hydrogen-bond acceptors (Lipinski definition) is 4. The van der Waals surface area contributed by atoms with Crippen LogP contribution >= 0.6 is 0 Å². The molecule has 1 saturated carbocycles. The van der Waals surface area contributed by atoms with Crippen LogP contribution in [0.3, 0.4) is 0 Å². The largest absolute Gasteiger partial charge is 0.382 e. The highest BCUT2D eigenvalue weighted by molar-refractivity contribution is 5.94. The van der Waals surface area contributed by atoms with Crippen LogP contribution in [0.15, 0.2) is 61.1 Å². The van der Waals surface area contributed by atoms with Crippen LogP contribution in [0.4, 0.5) is 0 Å². The van der Waals surface area contributed by atoms with Crippen molar-refractivity contribution in [2.75, 3.05) is 0 Å². The summed E-state index contributed by atoms with van der Waals surface area (Å²) in [6.07, 6.45) is 25.5. The molecule has 0 bridgehead atoms. The molecule has 0 atom stereocenters. The number of rotatable bonds is 7. The zero-order valence-electron chi connectivity index (χ0n) is 22.0. The first-order valence-electron chi connectivity index (χ1n) is 12.7. The molecule has 1 aliphatic carbocycles. The van der Waals surface area contributed by atoms with Crippen LogP contribution in [0.1, 0.15) is 71.1 Å². The van der Waals surface area contributed by atoms with Crippen molar-refractivity contribution >= 4 is 22.2 Å². The maximum absolute atomic E-state index is 6.35. The van der Waals surface area contributed by atoms with Gasteiger partial charge in [0.05, 0.1) is 23.2 Å². The highest BCUT2D eigenvalue weighted by Crippen LogP contribution is 2.32. The number of allylic oxidation sites excluding steroid dienone is 5. The number of aromatic nitrogens is 3. The Labute approximate surface area is 216 Å². The number of fused-ring (bicyclic) bond motifs is 1. The summed E-state index contributed by atoms with van der Waals surface area (Å²) in [5.41, 5.74) is 13.9. The van der Waals surface area contributed by atoms with Gasteiger partial charge in [-0.3, -0.25) is 4.98 Å². The average Bonchev–Trinajstić information content (AvgIpc) is 3.39. The van der Waals surface area contributed by atoms with Crippen molar-refractivity contribution in [1.29, 1.82) is 0 Å². The van der Waals surface area contributed by atoms with Gasteiger partial charge in [0, 0.05) is 40.0 Å². The third-order valence-corrected chi connectivity index (χ3v) is 6.83. The van der Waals surface area contributed by atoms with Crippen molar-refractivity contribution in [3.8, 4) is 24.1 Å². The van der Waals surface area contributed by atoms with E-state index in [4.69, 9.17) is 5.73 Å². The fraction of sp³-hybridized carbons (Fsp3) is 0.355. The van der Waals surface area contributed by atoms with Gasteiger partial charge in [-0.1, -0.05) is 37.3 Å². The van der Waals surface area contributed by atoms with Crippen molar-refractivity contribution in [2.45, 2.75) is 71.4 Å². The summed E-state index contributed by atoms with van der Waals surface area (Å²) in [4.78, 5) is 12.6. The zero-order valence-corrected chi connectivity index (χ0v) is 22.0. The highest BCUT2D eigenvalue weighted by Gasteiger charge is 2.27. The molecule has 1 aromatic carbocycles. The number of terminal acetylenes is 1. The summed E-state index contributed by atoms with van der Waals surface area (Å²) in [7, 11) is 0. The number of benzene rings is 1. The third kappa shape index (κ3) is 6.33. The van der Waals surface area contributed by atoms with Gasteiger partial charge in [0.1, 0.15) is 0 Å². The molecule has 0 aliphatic heterocycles. The van der Waals surface area contributed by atoms with E-state index in [-0.39, 0.29) is 5.54 Å². The maximum Gasteiger partial charge on any atom is 0.0932 e. The van der Waals surface area contributed by atoms with Gasteiger partial charge in [-0.15, -0.1) is 12.8 Å². The van der Waals surface area contributed by atoms with Gasteiger partial charge < -0.3 is 16.0 Å². The summed E-state index contributed by atoms with van der Waals surface area (Å²) >= 11 is 0. The number of H-pyrrole nitrogens is 1. The minimum absolute atomic E-state index is 0.0345. The van der Waals surface area contributed by atoms with Gasteiger partial charge in [0.15, 0.2) is 0 Å². The van der Waals surface area contributed by atoms with Gasteiger partial charge in [0.25, 0.3) is 0 Å². The van der Waals surface area contributed by atoms with Crippen molar-refractivity contribution in [2.24, 2.45) is 5.73 Å². The molecule has 0 spiro atoms. The van der Waals surface area contributed by atoms with E-state index in [0.717, 1.165) is 71.2 Å². The van der Waals surface area contributed by atoms with E-state index in [2.05, 4.69) is 109 Å². The van der Waals surface area contributed by atoms with Gasteiger partial charge in [-0.2, -0.15) is 0 Å². The Balaban J connectivity index is 0.00000176. The molecule has 5 nitrogen and oxygen atoms in total. The van der Waals surface area contributed by atoms with Crippen LogP contribution in [-0.4, -0.2) is 26.5 Å². The predicted molar refractivity (Wildman–Crippen MR) is 154 cm³/mol. The van der Waals surface area contributed by atoms with Crippen LogP contribution in [0.25, 0.3) is 33.4 Å². The first-order valence-corrected chi connectivity index (χ1v) is 12.7. The number of nitrogens with one attached hydrogen (secondary N) is 2. The van der Waals surface area contributed by atoms with Crippen molar-refractivity contribution in [3.05, 3.63) is 72.4 Å². The monoisotopic (exact) mass is 481 g/mol. The number of aromatic amines is 1. The fourth-order valence-corrected chi connectivity index (χ4v) is 4.74. The fourth-order valence-electron chi connectivity index (χ4n) is 4.74. The predicted octanol–water partition coefficient (Wildman–Crippen LogP) is 6.85.